The molecule has 0 rings (SSSR count). The smallest absolute Gasteiger partial charge is 0.146 e. The van der Waals surface area contributed by atoms with Crippen molar-refractivity contribution in [2.45, 2.75) is 60.5 Å². The van der Waals surface area contributed by atoms with E-state index in [1.165, 1.54) is 0 Å². The van der Waals surface area contributed by atoms with Gasteiger partial charge in [0.25, 0.3) is 0 Å². The predicted molar refractivity (Wildman–Crippen MR) is 72.1 cm³/mol. The lowest BCUT2D eigenvalue weighted by Crippen LogP contribution is -2.19. The van der Waals surface area contributed by atoms with Crippen molar-refractivity contribution in [3.05, 3.63) is 12.2 Å². The van der Waals surface area contributed by atoms with Crippen LogP contribution in [-0.2, 0) is 4.43 Å². The highest BCUT2D eigenvalue weighted by Crippen LogP contribution is 2.29. The molecule has 0 aromatic heterocycles. The minimum Gasteiger partial charge on any atom is -0.425 e. The van der Waals surface area contributed by atoms with Crippen molar-refractivity contribution in [3.63, 3.8) is 0 Å². The summed E-state index contributed by atoms with van der Waals surface area (Å²) in [6.07, 6.45) is 7.32. The van der Waals surface area contributed by atoms with Crippen LogP contribution in [0, 0.1) is 10.8 Å². The summed E-state index contributed by atoms with van der Waals surface area (Å²) < 4.78 is 5.45. The Hall–Kier alpha value is -0.0831. The number of hydrogen-bond acceptors (Lipinski definition) is 1. The first-order valence-corrected chi connectivity index (χ1v) is 6.68. The van der Waals surface area contributed by atoms with E-state index in [9.17, 15) is 0 Å². The van der Waals surface area contributed by atoms with Gasteiger partial charge in [-0.3, -0.25) is 0 Å². The molecule has 0 amide bonds. The van der Waals surface area contributed by atoms with Crippen molar-refractivity contribution in [3.8, 4) is 0 Å². The lowest BCUT2D eigenvalue weighted by molar-refractivity contribution is 0.164. The van der Waals surface area contributed by atoms with Gasteiger partial charge in [0.2, 0.25) is 0 Å². The van der Waals surface area contributed by atoms with E-state index in [-0.39, 0.29) is 0 Å². The lowest BCUT2D eigenvalue weighted by Gasteiger charge is -2.26. The van der Waals surface area contributed by atoms with Crippen molar-refractivity contribution < 1.29 is 4.43 Å². The fraction of sp³-hybridized carbons (Fsp3) is 0.846. The molecule has 0 N–H and O–H groups in total. The third-order valence-electron chi connectivity index (χ3n) is 2.53. The van der Waals surface area contributed by atoms with E-state index in [1.807, 2.05) is 0 Å². The molecular weight excluding hydrogens is 200 g/mol. The molecule has 0 bridgehead atoms. The monoisotopic (exact) mass is 228 g/mol. The van der Waals surface area contributed by atoms with E-state index in [2.05, 4.69) is 53.7 Å². The quantitative estimate of drug-likeness (QED) is 0.519. The van der Waals surface area contributed by atoms with Gasteiger partial charge in [-0.15, -0.1) is 0 Å². The van der Waals surface area contributed by atoms with E-state index in [0.717, 1.165) is 23.3 Å². The van der Waals surface area contributed by atoms with E-state index in [0.29, 0.717) is 16.9 Å². The van der Waals surface area contributed by atoms with E-state index >= 15 is 0 Å². The number of rotatable bonds is 5. The standard InChI is InChI=1S/C13H28OSi/c1-11(14-15)10-13(5,6)9-7-8-12(2,3)4/h7-8,11H,9-10H2,1-6,15H3. The van der Waals surface area contributed by atoms with E-state index in [4.69, 9.17) is 4.43 Å². The molecular formula is C13H28OSi. The Morgan fingerprint density at radius 2 is 1.73 bits per heavy atom. The molecule has 2 heteroatoms. The van der Waals surface area contributed by atoms with Gasteiger partial charge >= 0.3 is 0 Å². The predicted octanol–water partition coefficient (Wildman–Crippen LogP) is 3.08. The minimum atomic E-state index is 0.301. The van der Waals surface area contributed by atoms with Crippen molar-refractivity contribution >= 4 is 10.5 Å². The molecule has 0 fully saturated rings. The Kier molecular flexibility index (Phi) is 5.82. The van der Waals surface area contributed by atoms with Crippen molar-refractivity contribution in [1.29, 1.82) is 0 Å². The summed E-state index contributed by atoms with van der Waals surface area (Å²) in [7, 11) is 0.846. The summed E-state index contributed by atoms with van der Waals surface area (Å²) in [5, 5.41) is 0. The Morgan fingerprint density at radius 1 is 1.20 bits per heavy atom. The van der Waals surface area contributed by atoms with Gasteiger partial charge < -0.3 is 4.43 Å². The van der Waals surface area contributed by atoms with Crippen LogP contribution in [-0.4, -0.2) is 16.6 Å². The summed E-state index contributed by atoms with van der Waals surface area (Å²) >= 11 is 0. The molecule has 0 radical (unpaired) electrons. The van der Waals surface area contributed by atoms with Crippen molar-refractivity contribution in [2.75, 3.05) is 0 Å². The summed E-state index contributed by atoms with van der Waals surface area (Å²) in [5.74, 6) is 0. The van der Waals surface area contributed by atoms with Crippen LogP contribution < -0.4 is 0 Å². The second-order valence-electron chi connectivity index (χ2n) is 6.39. The summed E-state index contributed by atoms with van der Waals surface area (Å²) in [5.41, 5.74) is 0.654. The maximum Gasteiger partial charge on any atom is 0.146 e. The summed E-state index contributed by atoms with van der Waals surface area (Å²) in [4.78, 5) is 0. The third-order valence-corrected chi connectivity index (χ3v) is 3.34. The molecule has 0 spiro atoms. The number of hydrogen-bond donors (Lipinski definition) is 0. The van der Waals surface area contributed by atoms with Crippen molar-refractivity contribution in [1.82, 2.24) is 0 Å². The van der Waals surface area contributed by atoms with Crippen LogP contribution >= 0.6 is 0 Å². The third kappa shape index (κ3) is 8.88. The van der Waals surface area contributed by atoms with Crippen molar-refractivity contribution in [2.24, 2.45) is 10.8 Å². The molecule has 1 nitrogen and oxygen atoms in total. The highest BCUT2D eigenvalue weighted by atomic mass is 28.2. The average molecular weight is 228 g/mol. The Bertz CT molecular complexity index is 201. The zero-order chi connectivity index (χ0) is 12.1. The minimum absolute atomic E-state index is 0.301. The average Bonchev–Trinajstić information content (AvgIpc) is 2.00. The van der Waals surface area contributed by atoms with Gasteiger partial charge in [-0.05, 0) is 30.6 Å². The molecule has 0 aromatic carbocycles. The van der Waals surface area contributed by atoms with Crippen LogP contribution in [0.15, 0.2) is 12.2 Å². The van der Waals surface area contributed by atoms with Gasteiger partial charge in [0.05, 0.1) is 0 Å². The Morgan fingerprint density at radius 3 is 2.13 bits per heavy atom. The summed E-state index contributed by atoms with van der Waals surface area (Å²) in [6.45, 7) is 13.5. The molecule has 1 unspecified atom stereocenters. The molecule has 0 aromatic rings. The van der Waals surface area contributed by atoms with Crippen LogP contribution in [0.25, 0.3) is 0 Å². The van der Waals surface area contributed by atoms with Crippen LogP contribution in [0.2, 0.25) is 0 Å². The fourth-order valence-electron chi connectivity index (χ4n) is 1.68. The first-order chi connectivity index (χ1) is 6.66. The molecule has 15 heavy (non-hydrogen) atoms. The molecule has 0 saturated heterocycles. The highest BCUT2D eigenvalue weighted by molar-refractivity contribution is 5.98. The van der Waals surface area contributed by atoms with Gasteiger partial charge in [0, 0.05) is 6.10 Å². The van der Waals surface area contributed by atoms with Gasteiger partial charge in [0.1, 0.15) is 10.5 Å². The number of allylic oxidation sites excluding steroid dienone is 2. The topological polar surface area (TPSA) is 9.23 Å². The van der Waals surface area contributed by atoms with Crippen LogP contribution in [0.1, 0.15) is 54.4 Å². The second kappa shape index (κ2) is 5.85. The van der Waals surface area contributed by atoms with Crippen LogP contribution in [0.5, 0.6) is 0 Å². The first-order valence-electron chi connectivity index (χ1n) is 5.87. The fourth-order valence-corrected chi connectivity index (χ4v) is 1.84. The van der Waals surface area contributed by atoms with Gasteiger partial charge in [-0.2, -0.15) is 0 Å². The van der Waals surface area contributed by atoms with Crippen LogP contribution in [0.3, 0.4) is 0 Å². The zero-order valence-corrected chi connectivity index (χ0v) is 13.6. The Labute approximate surface area is 98.8 Å². The normalized spacial score (nSPS) is 16.1. The van der Waals surface area contributed by atoms with Gasteiger partial charge in [-0.25, -0.2) is 0 Å². The zero-order valence-electron chi connectivity index (χ0n) is 11.6. The highest BCUT2D eigenvalue weighted by Gasteiger charge is 2.19. The van der Waals surface area contributed by atoms with Gasteiger partial charge in [0.15, 0.2) is 0 Å². The van der Waals surface area contributed by atoms with E-state index < -0.39 is 0 Å². The summed E-state index contributed by atoms with van der Waals surface area (Å²) in [6, 6.07) is 0. The molecule has 0 aliphatic carbocycles. The van der Waals surface area contributed by atoms with Crippen LogP contribution in [0.4, 0.5) is 0 Å². The molecule has 0 saturated carbocycles. The molecule has 0 aliphatic heterocycles. The molecule has 0 heterocycles. The molecule has 1 atom stereocenters. The lowest BCUT2D eigenvalue weighted by atomic mass is 9.82. The first kappa shape index (κ1) is 14.9. The maximum atomic E-state index is 5.45. The second-order valence-corrected chi connectivity index (χ2v) is 6.86. The van der Waals surface area contributed by atoms with E-state index in [1.54, 1.807) is 0 Å². The Balaban J connectivity index is 4.09. The molecule has 90 valence electrons. The maximum absolute atomic E-state index is 5.45. The SMILES string of the molecule is CC(CC(C)(C)CC=CC(C)(C)C)O[SiH3]. The largest absolute Gasteiger partial charge is 0.425 e. The van der Waals surface area contributed by atoms with Gasteiger partial charge in [-0.1, -0.05) is 46.8 Å². The molecule has 0 aliphatic rings.